The maximum absolute atomic E-state index is 10.2. The molecule has 0 atom stereocenters. The van der Waals surface area contributed by atoms with Gasteiger partial charge in [0.1, 0.15) is 6.07 Å². The van der Waals surface area contributed by atoms with Crippen molar-refractivity contribution in [3.63, 3.8) is 0 Å². The fourth-order valence-corrected chi connectivity index (χ4v) is 4.32. The first-order chi connectivity index (χ1) is 10.7. The summed E-state index contributed by atoms with van der Waals surface area (Å²) in [6.45, 7) is 11.0. The van der Waals surface area contributed by atoms with Gasteiger partial charge in [0.15, 0.2) is 13.9 Å². The highest BCUT2D eigenvalue weighted by Crippen LogP contribution is 2.52. The number of nitrogens with zero attached hydrogens (tertiary/aromatic N) is 1. The topological polar surface area (TPSA) is 33.0 Å². The average Bonchev–Trinajstić information content (AvgIpc) is 2.78. The molecule has 0 aliphatic heterocycles. The van der Waals surface area contributed by atoms with E-state index in [0.717, 1.165) is 22.3 Å². The minimum Gasteiger partial charge on any atom is -0.392 e. The Hall–Kier alpha value is -1.89. The summed E-state index contributed by atoms with van der Waals surface area (Å²) in [7, 11) is -2.12. The Morgan fingerprint density at radius 3 is 1.74 bits per heavy atom. The van der Waals surface area contributed by atoms with Crippen LogP contribution in [-0.2, 0) is 10.0 Å². The Kier molecular flexibility index (Phi) is 3.51. The number of fused-ring (bicyclic) bond motifs is 3. The van der Waals surface area contributed by atoms with Crippen molar-refractivity contribution in [3.05, 3.63) is 59.7 Å². The van der Waals surface area contributed by atoms with Gasteiger partial charge in [-0.3, -0.25) is 0 Å². The molecule has 23 heavy (non-hydrogen) atoms. The van der Waals surface area contributed by atoms with Crippen LogP contribution in [0.25, 0.3) is 11.1 Å². The van der Waals surface area contributed by atoms with Crippen LogP contribution >= 0.6 is 0 Å². The molecular formula is C20H23NOSi. The third-order valence-corrected chi connectivity index (χ3v) is 9.70. The molecule has 0 unspecified atom stereocenters. The molecule has 0 fully saturated rings. The van der Waals surface area contributed by atoms with Crippen molar-refractivity contribution >= 4 is 8.32 Å². The van der Waals surface area contributed by atoms with Crippen LogP contribution in [0.4, 0.5) is 0 Å². The molecule has 1 aliphatic carbocycles. The number of rotatable bonds is 2. The van der Waals surface area contributed by atoms with Gasteiger partial charge in [-0.1, -0.05) is 69.3 Å². The predicted molar refractivity (Wildman–Crippen MR) is 96.6 cm³/mol. The zero-order chi connectivity index (χ0) is 16.9. The highest BCUT2D eigenvalue weighted by Gasteiger charge is 2.51. The van der Waals surface area contributed by atoms with Crippen molar-refractivity contribution in [1.82, 2.24) is 0 Å². The maximum atomic E-state index is 10.2. The molecule has 0 amide bonds. The first-order valence-electron chi connectivity index (χ1n) is 8.04. The molecule has 0 N–H and O–H groups in total. The lowest BCUT2D eigenvalue weighted by molar-refractivity contribution is 0.155. The summed E-state index contributed by atoms with van der Waals surface area (Å²) in [5.74, 6) is 0. The summed E-state index contributed by atoms with van der Waals surface area (Å²) in [6, 6.07) is 18.8. The zero-order valence-electron chi connectivity index (χ0n) is 14.5. The SMILES string of the molecule is CC(C)(C)[Si](C)(C)OC1(C#N)c2ccccc2-c2ccccc21. The van der Waals surface area contributed by atoms with Crippen molar-refractivity contribution in [1.29, 1.82) is 5.26 Å². The summed E-state index contributed by atoms with van der Waals surface area (Å²) in [6.07, 6.45) is 0. The van der Waals surface area contributed by atoms with Crippen molar-refractivity contribution in [2.24, 2.45) is 0 Å². The van der Waals surface area contributed by atoms with Crippen molar-refractivity contribution in [2.75, 3.05) is 0 Å². The quantitative estimate of drug-likeness (QED) is 0.688. The van der Waals surface area contributed by atoms with Crippen LogP contribution in [0, 0.1) is 11.3 Å². The van der Waals surface area contributed by atoms with Gasteiger partial charge in [0, 0.05) is 11.1 Å². The molecule has 0 heterocycles. The van der Waals surface area contributed by atoms with Crippen molar-refractivity contribution < 1.29 is 4.43 Å². The van der Waals surface area contributed by atoms with E-state index in [4.69, 9.17) is 4.43 Å². The molecule has 0 spiro atoms. The van der Waals surface area contributed by atoms with Crippen LogP contribution < -0.4 is 0 Å². The molecule has 0 radical (unpaired) electrons. The summed E-state index contributed by atoms with van der Waals surface area (Å²) < 4.78 is 6.73. The molecule has 2 nitrogen and oxygen atoms in total. The standard InChI is InChI=1S/C20H23NOSi/c1-19(2,3)23(4,5)22-20(14-21)17-12-8-6-10-15(17)16-11-7-9-13-18(16)20/h6-13H,1-5H3. The maximum Gasteiger partial charge on any atom is 0.197 e. The van der Waals surface area contributed by atoms with E-state index in [9.17, 15) is 5.26 Å². The Bertz CT molecular complexity index is 750. The molecule has 2 aromatic carbocycles. The van der Waals surface area contributed by atoms with Gasteiger partial charge in [0.05, 0.1) is 0 Å². The van der Waals surface area contributed by atoms with E-state index in [1.807, 2.05) is 36.4 Å². The minimum atomic E-state index is -2.12. The highest BCUT2D eigenvalue weighted by molar-refractivity contribution is 6.74. The smallest absolute Gasteiger partial charge is 0.197 e. The van der Waals surface area contributed by atoms with E-state index in [1.165, 1.54) is 0 Å². The van der Waals surface area contributed by atoms with E-state index < -0.39 is 13.9 Å². The highest BCUT2D eigenvalue weighted by atomic mass is 28.4. The second kappa shape index (κ2) is 5.05. The van der Waals surface area contributed by atoms with Crippen LogP contribution in [0.2, 0.25) is 18.1 Å². The van der Waals surface area contributed by atoms with Crippen LogP contribution in [0.1, 0.15) is 31.9 Å². The first kappa shape index (κ1) is 16.0. The lowest BCUT2D eigenvalue weighted by Gasteiger charge is -2.42. The minimum absolute atomic E-state index is 0.0450. The second-order valence-corrected chi connectivity index (χ2v) is 12.5. The lowest BCUT2D eigenvalue weighted by atomic mass is 9.93. The molecule has 118 valence electrons. The fraction of sp³-hybridized carbons (Fsp3) is 0.350. The van der Waals surface area contributed by atoms with E-state index in [-0.39, 0.29) is 5.04 Å². The van der Waals surface area contributed by atoms with Crippen LogP contribution in [0.3, 0.4) is 0 Å². The van der Waals surface area contributed by atoms with Crippen molar-refractivity contribution in [3.8, 4) is 17.2 Å². The lowest BCUT2D eigenvalue weighted by Crippen LogP contribution is -2.47. The summed E-state index contributed by atoms with van der Waals surface area (Å²) in [5.41, 5.74) is 3.20. The van der Waals surface area contributed by atoms with Gasteiger partial charge in [-0.2, -0.15) is 5.26 Å². The number of nitriles is 1. The van der Waals surface area contributed by atoms with Gasteiger partial charge >= 0.3 is 0 Å². The van der Waals surface area contributed by atoms with Gasteiger partial charge in [-0.25, -0.2) is 0 Å². The fourth-order valence-electron chi connectivity index (χ4n) is 2.98. The summed E-state index contributed by atoms with van der Waals surface area (Å²) >= 11 is 0. The number of hydrogen-bond donors (Lipinski definition) is 0. The van der Waals surface area contributed by atoms with Gasteiger partial charge in [-0.05, 0) is 29.3 Å². The molecule has 2 aromatic rings. The summed E-state index contributed by atoms with van der Waals surface area (Å²) in [5, 5.41) is 10.2. The van der Waals surface area contributed by atoms with Crippen LogP contribution in [-0.4, -0.2) is 8.32 Å². The molecule has 1 aliphatic rings. The van der Waals surface area contributed by atoms with Crippen molar-refractivity contribution in [2.45, 2.75) is 44.5 Å². The van der Waals surface area contributed by atoms with E-state index >= 15 is 0 Å². The molecular weight excluding hydrogens is 298 g/mol. The normalized spacial score (nSPS) is 15.7. The second-order valence-electron chi connectivity index (χ2n) is 7.75. The van der Waals surface area contributed by atoms with Gasteiger partial charge in [0.2, 0.25) is 0 Å². The molecule has 0 saturated carbocycles. The number of hydrogen-bond acceptors (Lipinski definition) is 2. The van der Waals surface area contributed by atoms with Crippen LogP contribution in [0.5, 0.6) is 0 Å². The first-order valence-corrected chi connectivity index (χ1v) is 10.9. The summed E-state index contributed by atoms with van der Waals surface area (Å²) in [4.78, 5) is 0. The zero-order valence-corrected chi connectivity index (χ0v) is 15.5. The van der Waals surface area contributed by atoms with E-state index in [2.05, 4.69) is 52.1 Å². The Labute approximate surface area is 139 Å². The molecule has 0 bridgehead atoms. The molecule has 3 rings (SSSR count). The molecule has 3 heteroatoms. The largest absolute Gasteiger partial charge is 0.392 e. The number of benzene rings is 2. The Balaban J connectivity index is 2.26. The Morgan fingerprint density at radius 1 is 0.913 bits per heavy atom. The third kappa shape index (κ3) is 2.25. The van der Waals surface area contributed by atoms with Crippen LogP contribution in [0.15, 0.2) is 48.5 Å². The Morgan fingerprint density at radius 2 is 1.35 bits per heavy atom. The third-order valence-electron chi connectivity index (χ3n) is 5.27. The van der Waals surface area contributed by atoms with Gasteiger partial charge in [-0.15, -0.1) is 0 Å². The average molecular weight is 321 g/mol. The van der Waals surface area contributed by atoms with Gasteiger partial charge < -0.3 is 4.43 Å². The molecule has 0 saturated heterocycles. The monoisotopic (exact) mass is 321 g/mol. The molecule has 0 aromatic heterocycles. The van der Waals surface area contributed by atoms with E-state index in [1.54, 1.807) is 0 Å². The van der Waals surface area contributed by atoms with E-state index in [0.29, 0.717) is 0 Å². The predicted octanol–water partition coefficient (Wildman–Crippen LogP) is 5.46. The van der Waals surface area contributed by atoms with Gasteiger partial charge in [0.25, 0.3) is 0 Å².